The Bertz CT molecular complexity index is 444. The van der Waals surface area contributed by atoms with Crippen LogP contribution < -0.4 is 0 Å². The molecule has 5 aliphatic carbocycles. The maximum absolute atomic E-state index is 11.3. The van der Waals surface area contributed by atoms with Gasteiger partial charge < -0.3 is 5.11 Å². The highest BCUT2D eigenvalue weighted by Crippen LogP contribution is 2.70. The zero-order valence-corrected chi connectivity index (χ0v) is 14.0. The van der Waals surface area contributed by atoms with Gasteiger partial charge in [0.15, 0.2) is 0 Å². The van der Waals surface area contributed by atoms with Crippen LogP contribution >= 0.6 is 0 Å². The van der Waals surface area contributed by atoms with Crippen molar-refractivity contribution in [2.45, 2.75) is 90.6 Å². The monoisotopic (exact) mass is 288 g/mol. The predicted molar refractivity (Wildman–Crippen MR) is 87.0 cm³/mol. The second-order valence-electron chi connectivity index (χ2n) is 9.77. The van der Waals surface area contributed by atoms with E-state index >= 15 is 0 Å². The van der Waals surface area contributed by atoms with Gasteiger partial charge in [-0.15, -0.1) is 0 Å². The first-order valence-corrected chi connectivity index (χ1v) is 9.29. The molecule has 0 heterocycles. The number of allylic oxidation sites excluding steroid dienone is 1. The molecular formula is C20H32O. The molecule has 0 amide bonds. The molecule has 0 aromatic rings. The van der Waals surface area contributed by atoms with Gasteiger partial charge in [0.05, 0.1) is 6.10 Å². The van der Waals surface area contributed by atoms with E-state index in [-0.39, 0.29) is 11.5 Å². The van der Waals surface area contributed by atoms with E-state index in [0.717, 1.165) is 12.3 Å². The van der Waals surface area contributed by atoms with Crippen molar-refractivity contribution in [2.75, 3.05) is 0 Å². The highest BCUT2D eigenvalue weighted by Gasteiger charge is 2.62. The fourth-order valence-corrected chi connectivity index (χ4v) is 7.52. The summed E-state index contributed by atoms with van der Waals surface area (Å²) in [5.41, 5.74) is 2.65. The molecule has 3 atom stereocenters. The van der Waals surface area contributed by atoms with E-state index < -0.39 is 0 Å². The average molecular weight is 288 g/mol. The lowest BCUT2D eigenvalue weighted by Gasteiger charge is -2.66. The molecular weight excluding hydrogens is 256 g/mol. The molecule has 4 saturated carbocycles. The Kier molecular flexibility index (Phi) is 3.13. The van der Waals surface area contributed by atoms with Crippen LogP contribution in [0, 0.1) is 22.2 Å². The molecule has 3 unspecified atom stereocenters. The Morgan fingerprint density at radius 3 is 2.38 bits per heavy atom. The van der Waals surface area contributed by atoms with Crippen molar-refractivity contribution in [3.8, 4) is 0 Å². The molecule has 1 N–H and O–H groups in total. The van der Waals surface area contributed by atoms with Gasteiger partial charge in [-0.25, -0.2) is 0 Å². The van der Waals surface area contributed by atoms with E-state index in [1.807, 2.05) is 0 Å². The molecule has 4 fully saturated rings. The van der Waals surface area contributed by atoms with Gasteiger partial charge in [0, 0.05) is 5.41 Å². The maximum Gasteiger partial charge on any atom is 0.0806 e. The van der Waals surface area contributed by atoms with Gasteiger partial charge >= 0.3 is 0 Å². The summed E-state index contributed by atoms with van der Waals surface area (Å²) in [6, 6.07) is 0. The summed E-state index contributed by atoms with van der Waals surface area (Å²) in [7, 11) is 0. The standard InChI is InChI=1S/C20H32O/c1-18-9-15-10-19(2,12-18)14-20(11-15,13-18)17(21)16-7-5-3-4-6-8-16/h7,15,17,21H,3-6,8-14H2,1-2H3. The number of rotatable bonds is 2. The normalized spacial score (nSPS) is 50.6. The smallest absolute Gasteiger partial charge is 0.0806 e. The van der Waals surface area contributed by atoms with Gasteiger partial charge in [0.25, 0.3) is 0 Å². The molecule has 5 rings (SSSR count). The minimum Gasteiger partial charge on any atom is -0.388 e. The van der Waals surface area contributed by atoms with E-state index in [1.165, 1.54) is 69.8 Å². The first-order valence-electron chi connectivity index (χ1n) is 9.29. The molecule has 0 spiro atoms. The first-order chi connectivity index (χ1) is 9.92. The van der Waals surface area contributed by atoms with Crippen molar-refractivity contribution in [1.82, 2.24) is 0 Å². The van der Waals surface area contributed by atoms with E-state index in [9.17, 15) is 5.11 Å². The van der Waals surface area contributed by atoms with E-state index in [4.69, 9.17) is 0 Å². The summed E-state index contributed by atoms with van der Waals surface area (Å²) in [5, 5.41) is 11.3. The van der Waals surface area contributed by atoms with Crippen molar-refractivity contribution < 1.29 is 5.11 Å². The van der Waals surface area contributed by atoms with Gasteiger partial charge in [0.2, 0.25) is 0 Å². The van der Waals surface area contributed by atoms with Crippen LogP contribution in [0.4, 0.5) is 0 Å². The third-order valence-electron chi connectivity index (χ3n) is 7.18. The van der Waals surface area contributed by atoms with Gasteiger partial charge in [-0.05, 0) is 86.5 Å². The lowest BCUT2D eigenvalue weighted by atomic mass is 9.39. The molecule has 0 radical (unpaired) electrons. The summed E-state index contributed by atoms with van der Waals surface area (Å²) in [5.74, 6) is 0.886. The van der Waals surface area contributed by atoms with Gasteiger partial charge in [-0.2, -0.15) is 0 Å². The molecule has 1 heteroatoms. The van der Waals surface area contributed by atoms with Crippen LogP contribution in [0.5, 0.6) is 0 Å². The summed E-state index contributed by atoms with van der Waals surface area (Å²) < 4.78 is 0. The third-order valence-corrected chi connectivity index (χ3v) is 7.18. The quantitative estimate of drug-likeness (QED) is 0.689. The van der Waals surface area contributed by atoms with Crippen molar-refractivity contribution in [2.24, 2.45) is 22.2 Å². The lowest BCUT2D eigenvalue weighted by molar-refractivity contribution is -0.178. The molecule has 118 valence electrons. The Morgan fingerprint density at radius 1 is 1.00 bits per heavy atom. The summed E-state index contributed by atoms with van der Waals surface area (Å²) in [6.07, 6.45) is 16.7. The predicted octanol–water partition coefficient (Wildman–Crippen LogP) is 5.23. The fourth-order valence-electron chi connectivity index (χ4n) is 7.52. The summed E-state index contributed by atoms with van der Waals surface area (Å²) in [6.45, 7) is 5.03. The molecule has 0 saturated heterocycles. The largest absolute Gasteiger partial charge is 0.388 e. The minimum atomic E-state index is -0.141. The van der Waals surface area contributed by atoms with Crippen molar-refractivity contribution in [1.29, 1.82) is 0 Å². The molecule has 0 aromatic carbocycles. The molecule has 0 aromatic heterocycles. The second-order valence-corrected chi connectivity index (χ2v) is 9.77. The highest BCUT2D eigenvalue weighted by atomic mass is 16.3. The van der Waals surface area contributed by atoms with Crippen molar-refractivity contribution in [3.63, 3.8) is 0 Å². The summed E-state index contributed by atoms with van der Waals surface area (Å²) in [4.78, 5) is 0. The van der Waals surface area contributed by atoms with Crippen LogP contribution in [0.3, 0.4) is 0 Å². The van der Waals surface area contributed by atoms with Gasteiger partial charge in [-0.3, -0.25) is 0 Å². The molecule has 1 nitrogen and oxygen atoms in total. The minimum absolute atomic E-state index is 0.141. The Balaban J connectivity index is 1.65. The highest BCUT2D eigenvalue weighted by molar-refractivity contribution is 5.21. The van der Waals surface area contributed by atoms with Gasteiger partial charge in [-0.1, -0.05) is 26.3 Å². The lowest BCUT2D eigenvalue weighted by Crippen LogP contribution is -2.59. The third kappa shape index (κ3) is 2.31. The molecule has 21 heavy (non-hydrogen) atoms. The Hall–Kier alpha value is -0.300. The summed E-state index contributed by atoms with van der Waals surface area (Å²) >= 11 is 0. The average Bonchev–Trinajstić information content (AvgIpc) is 2.62. The molecule has 4 bridgehead atoms. The van der Waals surface area contributed by atoms with Crippen LogP contribution in [0.25, 0.3) is 0 Å². The first kappa shape index (κ1) is 14.3. The van der Waals surface area contributed by atoms with Crippen molar-refractivity contribution >= 4 is 0 Å². The molecule has 0 aliphatic heterocycles. The maximum atomic E-state index is 11.3. The fraction of sp³-hybridized carbons (Fsp3) is 0.900. The zero-order chi connectivity index (χ0) is 14.7. The van der Waals surface area contributed by atoms with E-state index in [0.29, 0.717) is 10.8 Å². The van der Waals surface area contributed by atoms with Crippen LogP contribution in [0.1, 0.15) is 84.5 Å². The number of aliphatic hydroxyl groups is 1. The zero-order valence-electron chi connectivity index (χ0n) is 14.0. The number of hydrogen-bond donors (Lipinski definition) is 1. The van der Waals surface area contributed by atoms with Crippen LogP contribution in [-0.2, 0) is 0 Å². The van der Waals surface area contributed by atoms with Crippen LogP contribution in [-0.4, -0.2) is 11.2 Å². The number of hydrogen-bond acceptors (Lipinski definition) is 1. The molecule has 5 aliphatic rings. The van der Waals surface area contributed by atoms with Crippen LogP contribution in [0.15, 0.2) is 11.6 Å². The van der Waals surface area contributed by atoms with E-state index in [2.05, 4.69) is 19.9 Å². The van der Waals surface area contributed by atoms with Gasteiger partial charge in [0.1, 0.15) is 0 Å². The van der Waals surface area contributed by atoms with Crippen LogP contribution in [0.2, 0.25) is 0 Å². The Labute approximate surface area is 130 Å². The van der Waals surface area contributed by atoms with Crippen molar-refractivity contribution in [3.05, 3.63) is 11.6 Å². The topological polar surface area (TPSA) is 20.2 Å². The second kappa shape index (κ2) is 4.60. The number of aliphatic hydroxyl groups excluding tert-OH is 1. The SMILES string of the molecule is CC12CC3CC(C)(C1)CC(C(O)C1=CCCCCC1)(C3)C2. The Morgan fingerprint density at radius 2 is 1.71 bits per heavy atom. The van der Waals surface area contributed by atoms with E-state index in [1.54, 1.807) is 0 Å².